The van der Waals surface area contributed by atoms with E-state index in [0.717, 1.165) is 50.7 Å². The number of hydrogen-bond donors (Lipinski definition) is 0. The molecule has 0 N–H and O–H groups in total. The van der Waals surface area contributed by atoms with Crippen molar-refractivity contribution in [2.24, 2.45) is 0 Å². The first kappa shape index (κ1) is 24.2. The van der Waals surface area contributed by atoms with Crippen molar-refractivity contribution in [1.82, 2.24) is 4.90 Å². The van der Waals surface area contributed by atoms with Crippen molar-refractivity contribution in [3.63, 3.8) is 0 Å². The normalized spacial score (nSPS) is 20.5. The Morgan fingerprint density at radius 3 is 2.52 bits per heavy atom. The third kappa shape index (κ3) is 5.59. The second-order valence-corrected chi connectivity index (χ2v) is 9.63. The molecule has 2 atom stereocenters. The quantitative estimate of drug-likeness (QED) is 0.509. The number of benzene rings is 2. The maximum absolute atomic E-state index is 6.20. The van der Waals surface area contributed by atoms with E-state index in [1.165, 1.54) is 35.2 Å². The Kier molecular flexibility index (Phi) is 8.05. The van der Waals surface area contributed by atoms with E-state index in [9.17, 15) is 0 Å². The van der Waals surface area contributed by atoms with Gasteiger partial charge in [-0.15, -0.1) is 0 Å². The summed E-state index contributed by atoms with van der Waals surface area (Å²) < 4.78 is 17.4. The summed E-state index contributed by atoms with van der Waals surface area (Å²) in [4.78, 5) is 4.98. The lowest BCUT2D eigenvalue weighted by Gasteiger charge is -2.40. The van der Waals surface area contributed by atoms with Gasteiger partial charge in [-0.25, -0.2) is 0 Å². The lowest BCUT2D eigenvalue weighted by molar-refractivity contribution is -0.0112. The van der Waals surface area contributed by atoms with Crippen LogP contribution in [0.1, 0.15) is 48.9 Å². The molecular weight excluding hydrogens is 436 g/mol. The fourth-order valence-electron chi connectivity index (χ4n) is 4.96. The Labute approximate surface area is 203 Å². The van der Waals surface area contributed by atoms with Crippen LogP contribution in [0.2, 0.25) is 5.02 Å². The van der Waals surface area contributed by atoms with Crippen LogP contribution in [0.25, 0.3) is 0 Å². The molecule has 0 spiro atoms. The largest absolute Gasteiger partial charge is 0.495 e. The molecule has 0 saturated carbocycles. The van der Waals surface area contributed by atoms with E-state index in [4.69, 9.17) is 25.8 Å². The molecule has 0 aromatic heterocycles. The fourth-order valence-corrected chi connectivity index (χ4v) is 5.15. The van der Waals surface area contributed by atoms with Crippen molar-refractivity contribution in [1.29, 1.82) is 0 Å². The van der Waals surface area contributed by atoms with Crippen molar-refractivity contribution < 1.29 is 14.2 Å². The summed E-state index contributed by atoms with van der Waals surface area (Å²) in [5.41, 5.74) is 5.12. The highest BCUT2D eigenvalue weighted by molar-refractivity contribution is 6.32. The Hall–Kier alpha value is -1.95. The van der Waals surface area contributed by atoms with Crippen LogP contribution < -0.4 is 14.4 Å². The van der Waals surface area contributed by atoms with Gasteiger partial charge in [-0.1, -0.05) is 17.7 Å². The highest BCUT2D eigenvalue weighted by atomic mass is 35.5. The fraction of sp³-hybridized carbons (Fsp3) is 0.556. The van der Waals surface area contributed by atoms with Gasteiger partial charge in [0.1, 0.15) is 18.1 Å². The molecule has 2 aromatic rings. The minimum Gasteiger partial charge on any atom is -0.495 e. The van der Waals surface area contributed by atoms with Crippen LogP contribution >= 0.6 is 11.6 Å². The Balaban J connectivity index is 1.37. The third-order valence-electron chi connectivity index (χ3n) is 7.29. The molecule has 6 heteroatoms. The number of piperazine rings is 1. The molecule has 2 aromatic carbocycles. The molecule has 0 bridgehead atoms. The molecule has 0 radical (unpaired) electrons. The van der Waals surface area contributed by atoms with E-state index in [1.807, 2.05) is 12.1 Å². The summed E-state index contributed by atoms with van der Waals surface area (Å²) in [6.07, 6.45) is 3.74. The summed E-state index contributed by atoms with van der Waals surface area (Å²) >= 11 is 6.20. The Morgan fingerprint density at radius 1 is 1.03 bits per heavy atom. The molecule has 5 nitrogen and oxygen atoms in total. The maximum Gasteiger partial charge on any atom is 0.139 e. The summed E-state index contributed by atoms with van der Waals surface area (Å²) in [7, 11) is 1.66. The molecule has 0 aliphatic carbocycles. The van der Waals surface area contributed by atoms with Crippen LogP contribution in [-0.4, -0.2) is 57.5 Å². The molecular formula is C27H37ClN2O3. The average molecular weight is 473 g/mol. The van der Waals surface area contributed by atoms with Gasteiger partial charge in [-0.05, 0) is 74.9 Å². The van der Waals surface area contributed by atoms with Gasteiger partial charge >= 0.3 is 0 Å². The van der Waals surface area contributed by atoms with Crippen LogP contribution in [0.4, 0.5) is 5.69 Å². The monoisotopic (exact) mass is 472 g/mol. The van der Waals surface area contributed by atoms with Gasteiger partial charge < -0.3 is 19.1 Å². The number of hydrogen-bond acceptors (Lipinski definition) is 5. The van der Waals surface area contributed by atoms with E-state index in [0.29, 0.717) is 17.7 Å². The highest BCUT2D eigenvalue weighted by Gasteiger charge is 2.25. The summed E-state index contributed by atoms with van der Waals surface area (Å²) in [5.74, 6) is 1.72. The van der Waals surface area contributed by atoms with Crippen molar-refractivity contribution in [2.75, 3.05) is 51.4 Å². The van der Waals surface area contributed by atoms with Crippen molar-refractivity contribution in [2.45, 2.75) is 52.2 Å². The third-order valence-corrected chi connectivity index (χ3v) is 7.60. The van der Waals surface area contributed by atoms with Crippen LogP contribution in [0.5, 0.6) is 11.5 Å². The lowest BCUT2D eigenvalue weighted by atomic mass is 9.96. The number of ether oxygens (including phenoxy) is 3. The van der Waals surface area contributed by atoms with Gasteiger partial charge in [0.15, 0.2) is 0 Å². The standard InChI is InChI=1S/C27H37ClN2O3/c1-19-20(2)26(33-18-23-7-5-6-16-32-23)11-9-24(19)21(3)29-12-14-30(15-13-29)22-8-10-25(28)27(17-22)31-4/h8-11,17,21,23H,5-7,12-16,18H2,1-4H3. The first-order chi connectivity index (χ1) is 16.0. The Morgan fingerprint density at radius 2 is 1.82 bits per heavy atom. The summed E-state index contributed by atoms with van der Waals surface area (Å²) in [6.45, 7) is 12.2. The van der Waals surface area contributed by atoms with E-state index in [1.54, 1.807) is 7.11 Å². The number of methoxy groups -OCH3 is 1. The van der Waals surface area contributed by atoms with Crippen LogP contribution in [0.3, 0.4) is 0 Å². The topological polar surface area (TPSA) is 34.2 Å². The molecule has 2 unspecified atom stereocenters. The van der Waals surface area contributed by atoms with Gasteiger partial charge in [0, 0.05) is 50.6 Å². The second-order valence-electron chi connectivity index (χ2n) is 9.22. The average Bonchev–Trinajstić information content (AvgIpc) is 2.85. The zero-order chi connectivity index (χ0) is 23.4. The molecule has 2 saturated heterocycles. The smallest absolute Gasteiger partial charge is 0.139 e. The van der Waals surface area contributed by atoms with Crippen LogP contribution in [0.15, 0.2) is 30.3 Å². The van der Waals surface area contributed by atoms with Gasteiger partial charge in [0.25, 0.3) is 0 Å². The van der Waals surface area contributed by atoms with Crippen LogP contribution in [0, 0.1) is 13.8 Å². The predicted molar refractivity (Wildman–Crippen MR) is 135 cm³/mol. The first-order valence-electron chi connectivity index (χ1n) is 12.1. The van der Waals surface area contributed by atoms with Gasteiger partial charge in [0.2, 0.25) is 0 Å². The SMILES string of the molecule is COc1cc(N2CCN(C(C)c3ccc(OCC4CCCCO4)c(C)c3C)CC2)ccc1Cl. The number of rotatable bonds is 7. The molecule has 0 amide bonds. The number of nitrogens with zero attached hydrogens (tertiary/aromatic N) is 2. The molecule has 33 heavy (non-hydrogen) atoms. The van der Waals surface area contributed by atoms with Crippen molar-refractivity contribution in [3.8, 4) is 11.5 Å². The van der Waals surface area contributed by atoms with Crippen LogP contribution in [-0.2, 0) is 4.74 Å². The molecule has 4 rings (SSSR count). The van der Waals surface area contributed by atoms with Gasteiger partial charge in [-0.2, -0.15) is 0 Å². The van der Waals surface area contributed by atoms with Gasteiger partial charge in [-0.3, -0.25) is 4.90 Å². The number of halogens is 1. The van der Waals surface area contributed by atoms with E-state index in [-0.39, 0.29) is 6.10 Å². The zero-order valence-corrected chi connectivity index (χ0v) is 21.2. The molecule has 2 aliphatic rings. The molecule has 2 heterocycles. The van der Waals surface area contributed by atoms with E-state index in [2.05, 4.69) is 48.8 Å². The first-order valence-corrected chi connectivity index (χ1v) is 12.5. The zero-order valence-electron chi connectivity index (χ0n) is 20.4. The van der Waals surface area contributed by atoms with E-state index >= 15 is 0 Å². The number of anilines is 1. The van der Waals surface area contributed by atoms with Crippen molar-refractivity contribution >= 4 is 17.3 Å². The molecule has 2 fully saturated rings. The highest BCUT2D eigenvalue weighted by Crippen LogP contribution is 2.33. The summed E-state index contributed by atoms with van der Waals surface area (Å²) in [6, 6.07) is 10.8. The predicted octanol–water partition coefficient (Wildman–Crippen LogP) is 5.80. The van der Waals surface area contributed by atoms with E-state index < -0.39 is 0 Å². The second kappa shape index (κ2) is 11.0. The minimum absolute atomic E-state index is 0.231. The van der Waals surface area contributed by atoms with Crippen molar-refractivity contribution in [3.05, 3.63) is 52.0 Å². The lowest BCUT2D eigenvalue weighted by Crippen LogP contribution is -2.47. The molecule has 2 aliphatic heterocycles. The Bertz CT molecular complexity index is 937. The minimum atomic E-state index is 0.231. The molecule has 180 valence electrons. The maximum atomic E-state index is 6.20. The summed E-state index contributed by atoms with van der Waals surface area (Å²) in [5, 5.41) is 0.651. The van der Waals surface area contributed by atoms with Gasteiger partial charge in [0.05, 0.1) is 18.2 Å².